The van der Waals surface area contributed by atoms with Gasteiger partial charge in [-0.05, 0) is 45.0 Å². The summed E-state index contributed by atoms with van der Waals surface area (Å²) in [4.78, 5) is 14.2. The second kappa shape index (κ2) is 5.32. The Morgan fingerprint density at radius 2 is 2.24 bits per heavy atom. The van der Waals surface area contributed by atoms with Crippen molar-refractivity contribution in [2.75, 3.05) is 18.9 Å². The van der Waals surface area contributed by atoms with Crippen molar-refractivity contribution >= 4 is 11.6 Å². The Kier molecular flexibility index (Phi) is 3.79. The summed E-state index contributed by atoms with van der Waals surface area (Å²) < 4.78 is 0. The van der Waals surface area contributed by atoms with E-state index in [0.717, 1.165) is 24.2 Å². The molecular weight excluding hydrogens is 212 g/mol. The molecule has 1 aromatic rings. The van der Waals surface area contributed by atoms with E-state index < -0.39 is 0 Å². The number of nitrogens with one attached hydrogen (secondary N) is 1. The lowest BCUT2D eigenvalue weighted by atomic mass is 10.1. The second-order valence-electron chi connectivity index (χ2n) is 4.84. The standard InChI is InChI=1S/C14H20N2O/c1-11-6-3-4-8-13(11)15-14(17)10-12-7-5-9-16(12)2/h3-4,6,8,12H,5,7,9-10H2,1-2H3,(H,15,17). The summed E-state index contributed by atoms with van der Waals surface area (Å²) in [6.45, 7) is 3.12. The van der Waals surface area contributed by atoms with Crippen LogP contribution < -0.4 is 5.32 Å². The first kappa shape index (κ1) is 12.1. The number of carbonyl (C=O) groups excluding carboxylic acids is 1. The number of rotatable bonds is 3. The van der Waals surface area contributed by atoms with Crippen LogP contribution >= 0.6 is 0 Å². The summed E-state index contributed by atoms with van der Waals surface area (Å²) >= 11 is 0. The van der Waals surface area contributed by atoms with Gasteiger partial charge in [0, 0.05) is 18.2 Å². The van der Waals surface area contributed by atoms with E-state index in [0.29, 0.717) is 12.5 Å². The lowest BCUT2D eigenvalue weighted by molar-refractivity contribution is -0.117. The molecule has 0 aromatic heterocycles. The molecule has 1 unspecified atom stereocenters. The Hall–Kier alpha value is -1.35. The van der Waals surface area contributed by atoms with Gasteiger partial charge in [-0.25, -0.2) is 0 Å². The first-order valence-electron chi connectivity index (χ1n) is 6.22. The summed E-state index contributed by atoms with van der Waals surface area (Å²) in [6.07, 6.45) is 2.95. The van der Waals surface area contributed by atoms with Crippen molar-refractivity contribution in [3.8, 4) is 0 Å². The van der Waals surface area contributed by atoms with Gasteiger partial charge in [0.1, 0.15) is 0 Å². The highest BCUT2D eigenvalue weighted by Crippen LogP contribution is 2.19. The highest BCUT2D eigenvalue weighted by atomic mass is 16.1. The number of para-hydroxylation sites is 1. The van der Waals surface area contributed by atoms with E-state index in [1.165, 1.54) is 6.42 Å². The fraction of sp³-hybridized carbons (Fsp3) is 0.500. The topological polar surface area (TPSA) is 32.3 Å². The van der Waals surface area contributed by atoms with Gasteiger partial charge in [-0.2, -0.15) is 0 Å². The van der Waals surface area contributed by atoms with Crippen LogP contribution in [-0.2, 0) is 4.79 Å². The van der Waals surface area contributed by atoms with E-state index in [1.807, 2.05) is 31.2 Å². The fourth-order valence-corrected chi connectivity index (χ4v) is 2.37. The number of likely N-dealkylation sites (tertiary alicyclic amines) is 1. The maximum absolute atomic E-state index is 11.9. The Morgan fingerprint density at radius 3 is 2.88 bits per heavy atom. The Balaban J connectivity index is 1.91. The van der Waals surface area contributed by atoms with Crippen LogP contribution in [0.3, 0.4) is 0 Å². The molecular formula is C14H20N2O. The van der Waals surface area contributed by atoms with Crippen molar-refractivity contribution in [3.05, 3.63) is 29.8 Å². The van der Waals surface area contributed by atoms with Crippen LogP contribution in [-0.4, -0.2) is 30.4 Å². The quantitative estimate of drug-likeness (QED) is 0.868. The molecule has 3 nitrogen and oxygen atoms in total. The summed E-state index contributed by atoms with van der Waals surface area (Å²) in [6, 6.07) is 8.31. The molecule has 0 bridgehead atoms. The number of amides is 1. The van der Waals surface area contributed by atoms with E-state index in [1.54, 1.807) is 0 Å². The van der Waals surface area contributed by atoms with E-state index in [-0.39, 0.29) is 5.91 Å². The molecule has 1 aliphatic heterocycles. The van der Waals surface area contributed by atoms with E-state index in [4.69, 9.17) is 0 Å². The molecule has 1 fully saturated rings. The Morgan fingerprint density at radius 1 is 1.47 bits per heavy atom. The van der Waals surface area contributed by atoms with Crippen LogP contribution in [0.1, 0.15) is 24.8 Å². The minimum Gasteiger partial charge on any atom is -0.326 e. The molecule has 1 aliphatic rings. The molecule has 1 atom stereocenters. The maximum atomic E-state index is 11.9. The van der Waals surface area contributed by atoms with Crippen LogP contribution in [0, 0.1) is 6.92 Å². The predicted octanol–water partition coefficient (Wildman–Crippen LogP) is 2.42. The summed E-state index contributed by atoms with van der Waals surface area (Å²) in [5.74, 6) is 0.123. The summed E-state index contributed by atoms with van der Waals surface area (Å²) in [5.41, 5.74) is 2.04. The lowest BCUT2D eigenvalue weighted by Gasteiger charge is -2.19. The summed E-state index contributed by atoms with van der Waals surface area (Å²) in [7, 11) is 2.10. The largest absolute Gasteiger partial charge is 0.326 e. The molecule has 2 rings (SSSR count). The zero-order valence-electron chi connectivity index (χ0n) is 10.6. The SMILES string of the molecule is Cc1ccccc1NC(=O)CC1CCCN1C. The van der Waals surface area contributed by atoms with Crippen molar-refractivity contribution in [1.82, 2.24) is 4.90 Å². The third-order valence-electron chi connectivity index (χ3n) is 3.51. The molecule has 0 radical (unpaired) electrons. The number of carbonyl (C=O) groups is 1. The van der Waals surface area contributed by atoms with Crippen molar-refractivity contribution in [1.29, 1.82) is 0 Å². The van der Waals surface area contributed by atoms with Gasteiger partial charge in [0.05, 0.1) is 0 Å². The van der Waals surface area contributed by atoms with Crippen LogP contribution in [0.25, 0.3) is 0 Å². The third kappa shape index (κ3) is 3.07. The Bertz CT molecular complexity index is 403. The van der Waals surface area contributed by atoms with Crippen molar-refractivity contribution in [2.45, 2.75) is 32.2 Å². The number of aryl methyl sites for hydroxylation is 1. The molecule has 0 aliphatic carbocycles. The van der Waals surface area contributed by atoms with Gasteiger partial charge in [-0.1, -0.05) is 18.2 Å². The van der Waals surface area contributed by atoms with Crippen LogP contribution in [0.5, 0.6) is 0 Å². The van der Waals surface area contributed by atoms with E-state index >= 15 is 0 Å². The molecule has 1 aromatic carbocycles. The maximum Gasteiger partial charge on any atom is 0.225 e. The molecule has 1 N–H and O–H groups in total. The minimum atomic E-state index is 0.123. The van der Waals surface area contributed by atoms with Crippen LogP contribution in [0.15, 0.2) is 24.3 Å². The van der Waals surface area contributed by atoms with E-state index in [9.17, 15) is 4.79 Å². The predicted molar refractivity (Wildman–Crippen MR) is 70.1 cm³/mol. The van der Waals surface area contributed by atoms with Gasteiger partial charge >= 0.3 is 0 Å². The fourth-order valence-electron chi connectivity index (χ4n) is 2.37. The third-order valence-corrected chi connectivity index (χ3v) is 3.51. The van der Waals surface area contributed by atoms with Crippen molar-refractivity contribution in [2.24, 2.45) is 0 Å². The molecule has 0 spiro atoms. The summed E-state index contributed by atoms with van der Waals surface area (Å²) in [5, 5.41) is 2.99. The molecule has 0 saturated carbocycles. The normalized spacial score (nSPS) is 20.5. The molecule has 92 valence electrons. The molecule has 1 amide bonds. The minimum absolute atomic E-state index is 0.123. The van der Waals surface area contributed by atoms with Crippen LogP contribution in [0.4, 0.5) is 5.69 Å². The molecule has 1 saturated heterocycles. The second-order valence-corrected chi connectivity index (χ2v) is 4.84. The van der Waals surface area contributed by atoms with E-state index in [2.05, 4.69) is 17.3 Å². The highest BCUT2D eigenvalue weighted by Gasteiger charge is 2.23. The average molecular weight is 232 g/mol. The van der Waals surface area contributed by atoms with Gasteiger partial charge in [-0.3, -0.25) is 4.79 Å². The monoisotopic (exact) mass is 232 g/mol. The number of anilines is 1. The first-order valence-corrected chi connectivity index (χ1v) is 6.22. The number of benzene rings is 1. The number of hydrogen-bond acceptors (Lipinski definition) is 2. The number of nitrogens with zero attached hydrogens (tertiary/aromatic N) is 1. The van der Waals surface area contributed by atoms with Gasteiger partial charge in [-0.15, -0.1) is 0 Å². The molecule has 3 heteroatoms. The van der Waals surface area contributed by atoms with Gasteiger partial charge in [0.25, 0.3) is 0 Å². The van der Waals surface area contributed by atoms with Gasteiger partial charge < -0.3 is 10.2 Å². The van der Waals surface area contributed by atoms with Gasteiger partial charge in [0.2, 0.25) is 5.91 Å². The highest BCUT2D eigenvalue weighted by molar-refractivity contribution is 5.91. The lowest BCUT2D eigenvalue weighted by Crippen LogP contribution is -2.29. The Labute approximate surface area is 103 Å². The zero-order valence-corrected chi connectivity index (χ0v) is 10.6. The smallest absolute Gasteiger partial charge is 0.225 e. The zero-order chi connectivity index (χ0) is 12.3. The van der Waals surface area contributed by atoms with Crippen molar-refractivity contribution in [3.63, 3.8) is 0 Å². The first-order chi connectivity index (χ1) is 8.16. The number of hydrogen-bond donors (Lipinski definition) is 1. The van der Waals surface area contributed by atoms with Crippen LogP contribution in [0.2, 0.25) is 0 Å². The van der Waals surface area contributed by atoms with Gasteiger partial charge in [0.15, 0.2) is 0 Å². The average Bonchev–Trinajstić information content (AvgIpc) is 2.68. The molecule has 1 heterocycles. The molecule has 17 heavy (non-hydrogen) atoms. The van der Waals surface area contributed by atoms with Crippen molar-refractivity contribution < 1.29 is 4.79 Å².